The largest absolute Gasteiger partial charge is 0.497 e. The first-order chi connectivity index (χ1) is 15.0. The van der Waals surface area contributed by atoms with E-state index in [-0.39, 0.29) is 17.8 Å². The molecule has 156 valence electrons. The number of amides is 1. The van der Waals surface area contributed by atoms with Crippen LogP contribution in [-0.4, -0.2) is 19.6 Å². The molecule has 0 aliphatic rings. The summed E-state index contributed by atoms with van der Waals surface area (Å²) in [5, 5.41) is 3.13. The third-order valence-corrected chi connectivity index (χ3v) is 4.76. The van der Waals surface area contributed by atoms with Crippen LogP contribution in [0.4, 0.5) is 5.69 Å². The highest BCUT2D eigenvalue weighted by molar-refractivity contribution is 5.92. The quantitative estimate of drug-likeness (QED) is 0.490. The van der Waals surface area contributed by atoms with Gasteiger partial charge in [-0.25, -0.2) is 0 Å². The molecule has 3 aromatic carbocycles. The fourth-order valence-corrected chi connectivity index (χ4v) is 3.20. The van der Waals surface area contributed by atoms with Crippen LogP contribution in [0, 0.1) is 6.92 Å². The Balaban J connectivity index is 1.64. The Bertz CT molecular complexity index is 1280. The molecule has 0 unspecified atom stereocenters. The molecule has 31 heavy (non-hydrogen) atoms. The van der Waals surface area contributed by atoms with Gasteiger partial charge in [0.2, 0.25) is 11.2 Å². The van der Waals surface area contributed by atoms with E-state index in [1.807, 2.05) is 49.4 Å². The van der Waals surface area contributed by atoms with E-state index in [0.29, 0.717) is 33.7 Å². The number of hydrogen-bond acceptors (Lipinski definition) is 5. The third kappa shape index (κ3) is 4.43. The molecule has 0 bridgehead atoms. The van der Waals surface area contributed by atoms with Crippen molar-refractivity contribution in [1.82, 2.24) is 0 Å². The zero-order valence-corrected chi connectivity index (χ0v) is 17.2. The van der Waals surface area contributed by atoms with Gasteiger partial charge in [-0.2, -0.15) is 0 Å². The van der Waals surface area contributed by atoms with Crippen LogP contribution in [0.2, 0.25) is 0 Å². The molecule has 0 saturated carbocycles. The van der Waals surface area contributed by atoms with Crippen LogP contribution in [0.15, 0.2) is 82.0 Å². The van der Waals surface area contributed by atoms with E-state index < -0.39 is 5.91 Å². The molecule has 4 rings (SSSR count). The lowest BCUT2D eigenvalue weighted by Crippen LogP contribution is -2.22. The highest BCUT2D eigenvalue weighted by atomic mass is 16.5. The second-order valence-electron chi connectivity index (χ2n) is 7.02. The Hall–Kier alpha value is -4.06. The lowest BCUT2D eigenvalue weighted by molar-refractivity contribution is -0.118. The van der Waals surface area contributed by atoms with Gasteiger partial charge in [-0.1, -0.05) is 36.4 Å². The average Bonchev–Trinajstić information content (AvgIpc) is 2.79. The van der Waals surface area contributed by atoms with Crippen LogP contribution in [0.1, 0.15) is 5.56 Å². The first-order valence-electron chi connectivity index (χ1n) is 9.75. The number of hydrogen-bond donors (Lipinski definition) is 1. The van der Waals surface area contributed by atoms with E-state index in [1.54, 1.807) is 37.4 Å². The summed E-state index contributed by atoms with van der Waals surface area (Å²) in [5.41, 5.74) is 2.41. The van der Waals surface area contributed by atoms with E-state index in [2.05, 4.69) is 5.32 Å². The minimum atomic E-state index is -0.396. The SMILES string of the molecule is COc1ccc(NC(=O)COc2c(-c3ccccc3)oc3cc(C)ccc3c2=O)cc1. The normalized spacial score (nSPS) is 10.6. The summed E-state index contributed by atoms with van der Waals surface area (Å²) in [5.74, 6) is 0.590. The van der Waals surface area contributed by atoms with Crippen molar-refractivity contribution in [3.8, 4) is 22.8 Å². The second kappa shape index (κ2) is 8.75. The number of carbonyl (C=O) groups is 1. The molecular formula is C25H21NO5. The van der Waals surface area contributed by atoms with Crippen LogP contribution >= 0.6 is 0 Å². The molecule has 0 aliphatic carbocycles. The molecule has 6 heteroatoms. The Morgan fingerprint density at radius 1 is 1.00 bits per heavy atom. The predicted octanol–water partition coefficient (Wildman–Crippen LogP) is 4.79. The van der Waals surface area contributed by atoms with Crippen LogP contribution < -0.4 is 20.2 Å². The molecule has 1 aromatic heterocycles. The molecule has 1 heterocycles. The molecule has 4 aromatic rings. The molecule has 0 fully saturated rings. The third-order valence-electron chi connectivity index (χ3n) is 4.76. The molecular weight excluding hydrogens is 394 g/mol. The van der Waals surface area contributed by atoms with Gasteiger partial charge in [-0.15, -0.1) is 0 Å². The fourth-order valence-electron chi connectivity index (χ4n) is 3.20. The number of fused-ring (bicyclic) bond motifs is 1. The highest BCUT2D eigenvalue weighted by Crippen LogP contribution is 2.31. The number of carbonyl (C=O) groups excluding carboxylic acids is 1. The molecule has 1 amide bonds. The Morgan fingerprint density at radius 3 is 2.45 bits per heavy atom. The van der Waals surface area contributed by atoms with Gasteiger partial charge < -0.3 is 19.2 Å². The molecule has 0 radical (unpaired) electrons. The Kier molecular flexibility index (Phi) is 5.71. The Labute approximate surface area is 179 Å². The standard InChI is InChI=1S/C25H21NO5/c1-16-8-13-20-21(14-16)31-24(17-6-4-3-5-7-17)25(23(20)28)30-15-22(27)26-18-9-11-19(29-2)12-10-18/h3-14H,15H2,1-2H3,(H,26,27). The molecule has 1 N–H and O–H groups in total. The van der Waals surface area contributed by atoms with Crippen molar-refractivity contribution in [2.24, 2.45) is 0 Å². The van der Waals surface area contributed by atoms with Gasteiger partial charge in [0.25, 0.3) is 5.91 Å². The minimum Gasteiger partial charge on any atom is -0.497 e. The second-order valence-corrected chi connectivity index (χ2v) is 7.02. The lowest BCUT2D eigenvalue weighted by Gasteiger charge is -2.12. The van der Waals surface area contributed by atoms with E-state index in [9.17, 15) is 9.59 Å². The molecule has 0 aliphatic heterocycles. The van der Waals surface area contributed by atoms with E-state index in [1.165, 1.54) is 0 Å². The van der Waals surface area contributed by atoms with Gasteiger partial charge in [-0.05, 0) is 48.9 Å². The Morgan fingerprint density at radius 2 is 1.74 bits per heavy atom. The van der Waals surface area contributed by atoms with Crippen molar-refractivity contribution in [3.63, 3.8) is 0 Å². The average molecular weight is 415 g/mol. The molecule has 0 atom stereocenters. The monoisotopic (exact) mass is 415 g/mol. The highest BCUT2D eigenvalue weighted by Gasteiger charge is 2.19. The maximum atomic E-state index is 13.1. The van der Waals surface area contributed by atoms with E-state index >= 15 is 0 Å². The zero-order chi connectivity index (χ0) is 21.8. The van der Waals surface area contributed by atoms with Crippen LogP contribution in [0.3, 0.4) is 0 Å². The molecule has 6 nitrogen and oxygen atoms in total. The topological polar surface area (TPSA) is 77.8 Å². The smallest absolute Gasteiger partial charge is 0.262 e. The number of benzene rings is 3. The maximum Gasteiger partial charge on any atom is 0.262 e. The van der Waals surface area contributed by atoms with Crippen molar-refractivity contribution in [3.05, 3.63) is 88.6 Å². The van der Waals surface area contributed by atoms with Crippen molar-refractivity contribution in [1.29, 1.82) is 0 Å². The maximum absolute atomic E-state index is 13.1. The van der Waals surface area contributed by atoms with Gasteiger partial charge in [-0.3, -0.25) is 9.59 Å². The summed E-state index contributed by atoms with van der Waals surface area (Å²) >= 11 is 0. The number of nitrogens with one attached hydrogen (secondary N) is 1. The summed E-state index contributed by atoms with van der Waals surface area (Å²) in [7, 11) is 1.57. The number of rotatable bonds is 6. The summed E-state index contributed by atoms with van der Waals surface area (Å²) in [6.07, 6.45) is 0. The van der Waals surface area contributed by atoms with Crippen LogP contribution in [-0.2, 0) is 4.79 Å². The van der Waals surface area contributed by atoms with Crippen molar-refractivity contribution < 1.29 is 18.7 Å². The fraction of sp³-hybridized carbons (Fsp3) is 0.120. The number of ether oxygens (including phenoxy) is 2. The van der Waals surface area contributed by atoms with Crippen LogP contribution in [0.25, 0.3) is 22.3 Å². The zero-order valence-electron chi connectivity index (χ0n) is 17.2. The first-order valence-corrected chi connectivity index (χ1v) is 9.75. The van der Waals surface area contributed by atoms with Crippen molar-refractivity contribution in [2.45, 2.75) is 6.92 Å². The van der Waals surface area contributed by atoms with Gasteiger partial charge in [0.15, 0.2) is 12.4 Å². The van der Waals surface area contributed by atoms with Gasteiger partial charge in [0, 0.05) is 11.3 Å². The molecule has 0 spiro atoms. The van der Waals surface area contributed by atoms with Crippen molar-refractivity contribution in [2.75, 3.05) is 19.0 Å². The van der Waals surface area contributed by atoms with Crippen molar-refractivity contribution >= 4 is 22.6 Å². The summed E-state index contributed by atoms with van der Waals surface area (Å²) < 4.78 is 16.9. The molecule has 0 saturated heterocycles. The minimum absolute atomic E-state index is 0.00688. The van der Waals surface area contributed by atoms with Gasteiger partial charge in [0.05, 0.1) is 12.5 Å². The summed E-state index contributed by atoms with van der Waals surface area (Å²) in [6.45, 7) is 1.59. The lowest BCUT2D eigenvalue weighted by atomic mass is 10.1. The summed E-state index contributed by atoms with van der Waals surface area (Å²) in [4.78, 5) is 25.6. The van der Waals surface area contributed by atoms with E-state index in [4.69, 9.17) is 13.9 Å². The van der Waals surface area contributed by atoms with Crippen LogP contribution in [0.5, 0.6) is 11.5 Å². The number of anilines is 1. The predicted molar refractivity (Wildman–Crippen MR) is 120 cm³/mol. The number of aryl methyl sites for hydroxylation is 1. The summed E-state index contributed by atoms with van der Waals surface area (Å²) in [6, 6.07) is 21.5. The van der Waals surface area contributed by atoms with E-state index in [0.717, 1.165) is 5.56 Å². The van der Waals surface area contributed by atoms with Gasteiger partial charge in [0.1, 0.15) is 11.3 Å². The van der Waals surface area contributed by atoms with Gasteiger partial charge >= 0.3 is 0 Å². The first kappa shape index (κ1) is 20.2. The number of methoxy groups -OCH3 is 1.